The Kier molecular flexibility index (Phi) is 15.4. The summed E-state index contributed by atoms with van der Waals surface area (Å²) in [6, 6.07) is -1.56. The van der Waals surface area contributed by atoms with Gasteiger partial charge in [-0.2, -0.15) is 0 Å². The number of carbonyl (C=O) groups excluding carboxylic acids is 4. The molecule has 0 aromatic rings. The fourth-order valence-electron chi connectivity index (χ4n) is 3.23. The smallest absolute Gasteiger partial charge is 0.312 e. The van der Waals surface area contributed by atoms with Crippen LogP contribution in [0.1, 0.15) is 80.1 Å². The lowest BCUT2D eigenvalue weighted by atomic mass is 9.96. The second-order valence-corrected chi connectivity index (χ2v) is 9.26. The molecule has 0 aromatic heterocycles. The maximum absolute atomic E-state index is 12.9. The van der Waals surface area contributed by atoms with Crippen molar-refractivity contribution in [3.63, 3.8) is 0 Å². The average molecular weight is 456 g/mol. The highest BCUT2D eigenvalue weighted by Gasteiger charge is 2.29. The van der Waals surface area contributed by atoms with Crippen molar-refractivity contribution in [1.82, 2.24) is 21.3 Å². The lowest BCUT2D eigenvalue weighted by Crippen LogP contribution is -2.54. The molecule has 0 radical (unpaired) electrons. The fourth-order valence-corrected chi connectivity index (χ4v) is 3.23. The van der Waals surface area contributed by atoms with Crippen molar-refractivity contribution < 1.29 is 19.2 Å². The van der Waals surface area contributed by atoms with E-state index in [2.05, 4.69) is 35.1 Å². The van der Waals surface area contributed by atoms with E-state index in [0.717, 1.165) is 25.8 Å². The zero-order valence-corrected chi connectivity index (χ0v) is 20.8. The lowest BCUT2D eigenvalue weighted by molar-refractivity contribution is -0.133. The maximum atomic E-state index is 12.9. The van der Waals surface area contributed by atoms with Gasteiger partial charge in [-0.1, -0.05) is 48.0 Å². The van der Waals surface area contributed by atoms with Crippen LogP contribution in [0.3, 0.4) is 0 Å². The van der Waals surface area contributed by atoms with Gasteiger partial charge >= 0.3 is 6.03 Å². The van der Waals surface area contributed by atoms with E-state index < -0.39 is 18.1 Å². The standard InChI is InChI=1S/C23H45N5O4/c1-15(2)20(28-19(29)12-8-7-9-13-25-17(5)6)22(31)27-18(21(30)16(3)4)11-10-14-26-23(24)32/h15-18,20,25H,7-14H2,1-6H3,(H,27,31)(H,28,29)(H3,24,26,32)/t18-,20-/m0/s1. The lowest BCUT2D eigenvalue weighted by Gasteiger charge is -2.26. The van der Waals surface area contributed by atoms with Gasteiger partial charge in [0.25, 0.3) is 0 Å². The van der Waals surface area contributed by atoms with Crippen molar-refractivity contribution in [1.29, 1.82) is 0 Å². The van der Waals surface area contributed by atoms with Gasteiger partial charge in [0, 0.05) is 24.9 Å². The molecule has 0 heterocycles. The molecular formula is C23H45N5O4. The number of hydrogen-bond acceptors (Lipinski definition) is 5. The maximum Gasteiger partial charge on any atom is 0.312 e. The zero-order chi connectivity index (χ0) is 24.7. The summed E-state index contributed by atoms with van der Waals surface area (Å²) < 4.78 is 0. The monoisotopic (exact) mass is 455 g/mol. The fraction of sp³-hybridized carbons (Fsp3) is 0.826. The number of Topliss-reactive ketones (excluding diaryl/α,β-unsaturated/α-hetero) is 1. The van der Waals surface area contributed by atoms with Crippen molar-refractivity contribution in [2.45, 2.75) is 98.2 Å². The molecule has 32 heavy (non-hydrogen) atoms. The molecule has 0 aliphatic rings. The quantitative estimate of drug-likeness (QED) is 0.213. The van der Waals surface area contributed by atoms with E-state index in [4.69, 9.17) is 5.73 Å². The molecule has 4 amide bonds. The first-order valence-electron chi connectivity index (χ1n) is 11.9. The number of primary amides is 1. The predicted molar refractivity (Wildman–Crippen MR) is 127 cm³/mol. The van der Waals surface area contributed by atoms with Gasteiger partial charge < -0.3 is 27.0 Å². The van der Waals surface area contributed by atoms with Crippen molar-refractivity contribution in [3.05, 3.63) is 0 Å². The molecule has 2 atom stereocenters. The summed E-state index contributed by atoms with van der Waals surface area (Å²) in [5.74, 6) is -0.979. The zero-order valence-electron chi connectivity index (χ0n) is 20.8. The van der Waals surface area contributed by atoms with E-state index >= 15 is 0 Å². The molecule has 9 heteroatoms. The molecule has 0 aliphatic carbocycles. The normalized spacial score (nSPS) is 13.2. The number of nitrogens with two attached hydrogens (primary N) is 1. The van der Waals surface area contributed by atoms with E-state index in [9.17, 15) is 19.2 Å². The summed E-state index contributed by atoms with van der Waals surface area (Å²) in [6.07, 6.45) is 3.95. The van der Waals surface area contributed by atoms with Crippen LogP contribution in [0.25, 0.3) is 0 Å². The Bertz CT molecular complexity index is 593. The summed E-state index contributed by atoms with van der Waals surface area (Å²) in [5.41, 5.74) is 5.06. The summed E-state index contributed by atoms with van der Waals surface area (Å²) in [5, 5.41) is 11.5. The molecule has 0 saturated heterocycles. The highest BCUT2D eigenvalue weighted by atomic mass is 16.2. The van der Waals surface area contributed by atoms with Crippen molar-refractivity contribution >= 4 is 23.6 Å². The highest BCUT2D eigenvalue weighted by Crippen LogP contribution is 2.10. The Morgan fingerprint density at radius 2 is 1.47 bits per heavy atom. The molecule has 0 unspecified atom stereocenters. The second kappa shape index (κ2) is 16.5. The van der Waals surface area contributed by atoms with Gasteiger partial charge in [-0.3, -0.25) is 14.4 Å². The molecule has 0 aromatic carbocycles. The number of rotatable bonds is 17. The first kappa shape index (κ1) is 29.8. The van der Waals surface area contributed by atoms with Gasteiger partial charge in [0.1, 0.15) is 6.04 Å². The first-order valence-corrected chi connectivity index (χ1v) is 11.9. The van der Waals surface area contributed by atoms with Crippen LogP contribution in [0, 0.1) is 11.8 Å². The van der Waals surface area contributed by atoms with Gasteiger partial charge in [0.15, 0.2) is 5.78 Å². The summed E-state index contributed by atoms with van der Waals surface area (Å²) in [4.78, 5) is 48.7. The molecule has 0 spiro atoms. The molecule has 0 fully saturated rings. The van der Waals surface area contributed by atoms with Gasteiger partial charge in [-0.05, 0) is 38.1 Å². The van der Waals surface area contributed by atoms with Crippen LogP contribution in [0.4, 0.5) is 4.79 Å². The number of urea groups is 1. The third kappa shape index (κ3) is 14.0. The minimum absolute atomic E-state index is 0.0822. The molecule has 6 N–H and O–H groups in total. The molecule has 0 rings (SSSR count). The SMILES string of the molecule is CC(C)NCCCCCC(=O)N[C@H](C(=O)N[C@@H](CCCNC(N)=O)C(=O)C(C)C)C(C)C. The van der Waals surface area contributed by atoms with Gasteiger partial charge in [0.05, 0.1) is 6.04 Å². The van der Waals surface area contributed by atoms with Crippen LogP contribution in [0.5, 0.6) is 0 Å². The van der Waals surface area contributed by atoms with Crippen molar-refractivity contribution in [2.75, 3.05) is 13.1 Å². The Balaban J connectivity index is 4.74. The van der Waals surface area contributed by atoms with Crippen LogP contribution < -0.4 is 27.0 Å². The molecular weight excluding hydrogens is 410 g/mol. The summed E-state index contributed by atoms with van der Waals surface area (Å²) in [7, 11) is 0. The molecule has 0 saturated carbocycles. The van der Waals surface area contributed by atoms with E-state index in [1.54, 1.807) is 13.8 Å². The minimum Gasteiger partial charge on any atom is -0.352 e. The average Bonchev–Trinajstić information content (AvgIpc) is 2.69. The Hall–Kier alpha value is -2.16. The number of unbranched alkanes of at least 4 members (excludes halogenated alkanes) is 2. The van der Waals surface area contributed by atoms with Crippen LogP contribution in [0.15, 0.2) is 0 Å². The van der Waals surface area contributed by atoms with E-state index in [1.807, 2.05) is 13.8 Å². The topological polar surface area (TPSA) is 142 Å². The van der Waals surface area contributed by atoms with Crippen LogP contribution in [0.2, 0.25) is 0 Å². The van der Waals surface area contributed by atoms with E-state index in [0.29, 0.717) is 31.8 Å². The molecule has 0 aliphatic heterocycles. The van der Waals surface area contributed by atoms with Crippen LogP contribution in [-0.2, 0) is 14.4 Å². The Labute approximate surface area is 193 Å². The predicted octanol–water partition coefficient (Wildman–Crippen LogP) is 1.84. The largest absolute Gasteiger partial charge is 0.352 e. The number of nitrogens with one attached hydrogen (secondary N) is 4. The Morgan fingerprint density at radius 1 is 0.812 bits per heavy atom. The first-order chi connectivity index (χ1) is 15.0. The molecule has 9 nitrogen and oxygen atoms in total. The highest BCUT2D eigenvalue weighted by molar-refractivity contribution is 5.93. The van der Waals surface area contributed by atoms with Gasteiger partial charge in [0.2, 0.25) is 11.8 Å². The number of ketones is 1. The Morgan fingerprint density at radius 3 is 2.00 bits per heavy atom. The third-order valence-corrected chi connectivity index (χ3v) is 5.10. The summed E-state index contributed by atoms with van der Waals surface area (Å²) in [6.45, 7) is 12.7. The summed E-state index contributed by atoms with van der Waals surface area (Å²) >= 11 is 0. The molecule has 186 valence electrons. The van der Waals surface area contributed by atoms with Crippen LogP contribution >= 0.6 is 0 Å². The third-order valence-electron chi connectivity index (χ3n) is 5.10. The van der Waals surface area contributed by atoms with Gasteiger partial charge in [-0.25, -0.2) is 4.79 Å². The number of amides is 4. The minimum atomic E-state index is -0.712. The number of hydrogen-bond donors (Lipinski definition) is 5. The van der Waals surface area contributed by atoms with E-state index in [-0.39, 0.29) is 29.4 Å². The van der Waals surface area contributed by atoms with E-state index in [1.165, 1.54) is 0 Å². The van der Waals surface area contributed by atoms with Crippen molar-refractivity contribution in [2.24, 2.45) is 17.6 Å². The van der Waals surface area contributed by atoms with Gasteiger partial charge in [-0.15, -0.1) is 0 Å². The molecule has 0 bridgehead atoms. The second-order valence-electron chi connectivity index (χ2n) is 9.26. The van der Waals surface area contributed by atoms with Crippen molar-refractivity contribution in [3.8, 4) is 0 Å². The number of carbonyl (C=O) groups is 4. The van der Waals surface area contributed by atoms with Crippen LogP contribution in [-0.4, -0.2) is 54.8 Å².